The third-order valence-electron chi connectivity index (χ3n) is 3.90. The number of nitrogens with one attached hydrogen (secondary N) is 3. The molecule has 0 spiro atoms. The molecular formula is C17H19N5O3S. The number of fused-ring (bicyclic) bond motifs is 1. The maximum absolute atomic E-state index is 12.3. The van der Waals surface area contributed by atoms with E-state index in [0.29, 0.717) is 16.4 Å². The highest BCUT2D eigenvalue weighted by atomic mass is 32.1. The molecule has 9 heteroatoms. The molecule has 1 aromatic carbocycles. The summed E-state index contributed by atoms with van der Waals surface area (Å²) in [7, 11) is 0. The Morgan fingerprint density at radius 3 is 2.88 bits per heavy atom. The van der Waals surface area contributed by atoms with Crippen LogP contribution in [0.4, 0.5) is 10.8 Å². The first-order valence-electron chi connectivity index (χ1n) is 8.39. The van der Waals surface area contributed by atoms with Crippen LogP contribution in [0.5, 0.6) is 0 Å². The molecule has 0 bridgehead atoms. The Morgan fingerprint density at radius 1 is 1.27 bits per heavy atom. The predicted molar refractivity (Wildman–Crippen MR) is 98.1 cm³/mol. The van der Waals surface area contributed by atoms with E-state index in [1.54, 1.807) is 24.3 Å². The van der Waals surface area contributed by atoms with Crippen molar-refractivity contribution in [1.29, 1.82) is 0 Å². The Bertz CT molecular complexity index is 835. The standard InChI is InChI=1S/C17H19N5O3S/c1-2-3-8-14-21-22-17(26-14)20-13(23)9-12-16(25)18-11-7-5-4-6-10(11)15(24)19-12/h4-7,12H,2-3,8-9H2,1H3,(H,18,25)(H,19,24)(H,20,22,23). The van der Waals surface area contributed by atoms with Gasteiger partial charge in [-0.15, -0.1) is 10.2 Å². The number of amides is 3. The highest BCUT2D eigenvalue weighted by Gasteiger charge is 2.29. The molecule has 1 aromatic heterocycles. The van der Waals surface area contributed by atoms with Gasteiger partial charge in [-0.25, -0.2) is 0 Å². The van der Waals surface area contributed by atoms with E-state index in [1.807, 2.05) is 0 Å². The van der Waals surface area contributed by atoms with Gasteiger partial charge >= 0.3 is 0 Å². The summed E-state index contributed by atoms with van der Waals surface area (Å²) < 4.78 is 0. The highest BCUT2D eigenvalue weighted by Crippen LogP contribution is 2.20. The summed E-state index contributed by atoms with van der Waals surface area (Å²) in [6.45, 7) is 2.09. The van der Waals surface area contributed by atoms with Crippen molar-refractivity contribution in [1.82, 2.24) is 15.5 Å². The van der Waals surface area contributed by atoms with Gasteiger partial charge in [0, 0.05) is 6.42 Å². The van der Waals surface area contributed by atoms with Crippen molar-refractivity contribution < 1.29 is 14.4 Å². The van der Waals surface area contributed by atoms with E-state index >= 15 is 0 Å². The van der Waals surface area contributed by atoms with Crippen molar-refractivity contribution >= 4 is 39.9 Å². The van der Waals surface area contributed by atoms with E-state index in [4.69, 9.17) is 0 Å². The number of carbonyl (C=O) groups is 3. The Morgan fingerprint density at radius 2 is 2.08 bits per heavy atom. The fourth-order valence-electron chi connectivity index (χ4n) is 2.54. The lowest BCUT2D eigenvalue weighted by atomic mass is 10.1. The smallest absolute Gasteiger partial charge is 0.254 e. The topological polar surface area (TPSA) is 113 Å². The summed E-state index contributed by atoms with van der Waals surface area (Å²) in [5.74, 6) is -1.23. The van der Waals surface area contributed by atoms with E-state index in [-0.39, 0.29) is 6.42 Å². The number of aromatic nitrogens is 2. The lowest BCUT2D eigenvalue weighted by Gasteiger charge is -2.13. The molecule has 0 saturated carbocycles. The Hall–Kier alpha value is -2.81. The first-order chi connectivity index (χ1) is 12.6. The number of rotatable bonds is 6. The molecule has 2 heterocycles. The van der Waals surface area contributed by atoms with Crippen molar-refractivity contribution in [2.24, 2.45) is 0 Å². The van der Waals surface area contributed by atoms with Gasteiger partial charge in [0.05, 0.1) is 17.7 Å². The zero-order valence-corrected chi connectivity index (χ0v) is 15.1. The third-order valence-corrected chi connectivity index (χ3v) is 4.80. The molecule has 3 rings (SSSR count). The van der Waals surface area contributed by atoms with Gasteiger partial charge in [-0.05, 0) is 18.6 Å². The Balaban J connectivity index is 1.61. The van der Waals surface area contributed by atoms with Crippen molar-refractivity contribution in [2.45, 2.75) is 38.6 Å². The van der Waals surface area contributed by atoms with Crippen LogP contribution in [0.15, 0.2) is 24.3 Å². The van der Waals surface area contributed by atoms with Crippen LogP contribution in [-0.2, 0) is 16.0 Å². The molecule has 1 aliphatic rings. The van der Waals surface area contributed by atoms with Crippen LogP contribution in [0.2, 0.25) is 0 Å². The number of carbonyl (C=O) groups excluding carboxylic acids is 3. The maximum atomic E-state index is 12.3. The summed E-state index contributed by atoms with van der Waals surface area (Å²) in [4.78, 5) is 36.8. The van der Waals surface area contributed by atoms with Gasteiger partial charge in [0.1, 0.15) is 11.0 Å². The number of aryl methyl sites for hydroxylation is 1. The molecule has 0 fully saturated rings. The van der Waals surface area contributed by atoms with Gasteiger partial charge in [0.25, 0.3) is 5.91 Å². The molecule has 1 aliphatic heterocycles. The number of hydrogen-bond donors (Lipinski definition) is 3. The normalized spacial score (nSPS) is 16.3. The number of unbranched alkanes of at least 4 members (excludes halogenated alkanes) is 1. The minimum Gasteiger partial charge on any atom is -0.340 e. The van der Waals surface area contributed by atoms with E-state index in [0.717, 1.165) is 24.3 Å². The molecular weight excluding hydrogens is 354 g/mol. The molecule has 3 amide bonds. The molecule has 1 atom stereocenters. The second-order valence-corrected chi connectivity index (χ2v) is 6.98. The van der Waals surface area contributed by atoms with E-state index in [2.05, 4.69) is 33.1 Å². The van der Waals surface area contributed by atoms with Crippen LogP contribution in [0.25, 0.3) is 0 Å². The van der Waals surface area contributed by atoms with Crippen LogP contribution in [-0.4, -0.2) is 34.0 Å². The summed E-state index contributed by atoms with van der Waals surface area (Å²) in [5, 5.41) is 17.1. The molecule has 0 radical (unpaired) electrons. The zero-order valence-electron chi connectivity index (χ0n) is 14.2. The summed E-state index contributed by atoms with van der Waals surface area (Å²) in [6, 6.07) is 5.75. The predicted octanol–water partition coefficient (Wildman–Crippen LogP) is 1.96. The van der Waals surface area contributed by atoms with Gasteiger partial charge in [-0.1, -0.05) is 36.8 Å². The largest absolute Gasteiger partial charge is 0.340 e. The van der Waals surface area contributed by atoms with Crippen LogP contribution >= 0.6 is 11.3 Å². The second-order valence-electron chi connectivity index (χ2n) is 5.92. The van der Waals surface area contributed by atoms with Gasteiger partial charge in [0.15, 0.2) is 0 Å². The van der Waals surface area contributed by atoms with Crippen LogP contribution in [0.1, 0.15) is 41.6 Å². The molecule has 0 aliphatic carbocycles. The van der Waals surface area contributed by atoms with Crippen LogP contribution in [0, 0.1) is 0 Å². The number of nitrogens with zero attached hydrogens (tertiary/aromatic N) is 2. The van der Waals surface area contributed by atoms with E-state index in [1.165, 1.54) is 11.3 Å². The number of benzene rings is 1. The lowest BCUT2D eigenvalue weighted by molar-refractivity contribution is -0.122. The Kier molecular flexibility index (Phi) is 5.57. The molecule has 136 valence electrons. The van der Waals surface area contributed by atoms with Crippen molar-refractivity contribution in [3.63, 3.8) is 0 Å². The van der Waals surface area contributed by atoms with Gasteiger partial charge in [-0.2, -0.15) is 0 Å². The molecule has 0 saturated heterocycles. The van der Waals surface area contributed by atoms with Crippen LogP contribution in [0.3, 0.4) is 0 Å². The first-order valence-corrected chi connectivity index (χ1v) is 9.21. The molecule has 3 N–H and O–H groups in total. The molecule has 8 nitrogen and oxygen atoms in total. The molecule has 2 aromatic rings. The minimum atomic E-state index is -0.956. The Labute approximate surface area is 154 Å². The van der Waals surface area contributed by atoms with Gasteiger partial charge in [-0.3, -0.25) is 14.4 Å². The highest BCUT2D eigenvalue weighted by molar-refractivity contribution is 7.15. The maximum Gasteiger partial charge on any atom is 0.254 e. The summed E-state index contributed by atoms with van der Waals surface area (Å²) in [5.41, 5.74) is 0.802. The quantitative estimate of drug-likeness (QED) is 0.716. The lowest BCUT2D eigenvalue weighted by Crippen LogP contribution is -2.43. The minimum absolute atomic E-state index is 0.185. The van der Waals surface area contributed by atoms with Gasteiger partial charge < -0.3 is 16.0 Å². The summed E-state index contributed by atoms with van der Waals surface area (Å²) >= 11 is 1.32. The van der Waals surface area contributed by atoms with E-state index < -0.39 is 23.8 Å². The fraction of sp³-hybridized carbons (Fsp3) is 0.353. The van der Waals surface area contributed by atoms with Crippen LogP contribution < -0.4 is 16.0 Å². The first kappa shape index (κ1) is 18.0. The number of hydrogen-bond acceptors (Lipinski definition) is 6. The number of para-hydroxylation sites is 1. The second kappa shape index (κ2) is 8.05. The SMILES string of the molecule is CCCCc1nnc(NC(=O)CC2NC(=O)c3ccccc3NC2=O)s1. The van der Waals surface area contributed by atoms with Gasteiger partial charge in [0.2, 0.25) is 16.9 Å². The number of anilines is 2. The van der Waals surface area contributed by atoms with Crippen molar-refractivity contribution in [2.75, 3.05) is 10.6 Å². The van der Waals surface area contributed by atoms with Crippen molar-refractivity contribution in [3.8, 4) is 0 Å². The monoisotopic (exact) mass is 373 g/mol. The third kappa shape index (κ3) is 4.23. The zero-order chi connectivity index (χ0) is 18.5. The fourth-order valence-corrected chi connectivity index (χ4v) is 3.34. The average molecular weight is 373 g/mol. The average Bonchev–Trinajstić information content (AvgIpc) is 3.02. The van der Waals surface area contributed by atoms with E-state index in [9.17, 15) is 14.4 Å². The van der Waals surface area contributed by atoms with Crippen molar-refractivity contribution in [3.05, 3.63) is 34.8 Å². The summed E-state index contributed by atoms with van der Waals surface area (Å²) in [6.07, 6.45) is 2.70. The molecule has 1 unspecified atom stereocenters. The molecule has 26 heavy (non-hydrogen) atoms.